The van der Waals surface area contributed by atoms with Crippen LogP contribution in [0.25, 0.3) is 0 Å². The van der Waals surface area contributed by atoms with Crippen LogP contribution < -0.4 is 5.56 Å². The second-order valence-corrected chi connectivity index (χ2v) is 2.10. The summed E-state index contributed by atoms with van der Waals surface area (Å²) >= 11 is 0. The second-order valence-electron chi connectivity index (χ2n) is 2.10. The Morgan fingerprint density at radius 1 is 1.73 bits per heavy atom. The SMILES string of the molecule is Cn1nc(CO)c(O)cc1=O. The number of aromatic nitrogens is 2. The van der Waals surface area contributed by atoms with Crippen LogP contribution in [0.15, 0.2) is 10.9 Å². The highest BCUT2D eigenvalue weighted by atomic mass is 16.3. The molecule has 1 aromatic heterocycles. The van der Waals surface area contributed by atoms with E-state index >= 15 is 0 Å². The molecule has 0 bridgehead atoms. The molecule has 0 spiro atoms. The van der Waals surface area contributed by atoms with Crippen LogP contribution in [0, 0.1) is 0 Å². The minimum atomic E-state index is -0.403. The first kappa shape index (κ1) is 7.74. The van der Waals surface area contributed by atoms with Gasteiger partial charge in [-0.1, -0.05) is 0 Å². The molecule has 0 radical (unpaired) electrons. The summed E-state index contributed by atoms with van der Waals surface area (Å²) in [7, 11) is 1.45. The lowest BCUT2D eigenvalue weighted by Gasteiger charge is -2.00. The van der Waals surface area contributed by atoms with Crippen molar-refractivity contribution in [2.24, 2.45) is 7.05 Å². The van der Waals surface area contributed by atoms with Gasteiger partial charge in [0, 0.05) is 13.1 Å². The van der Waals surface area contributed by atoms with Gasteiger partial charge in [-0.2, -0.15) is 5.10 Å². The number of rotatable bonds is 1. The predicted octanol–water partition coefficient (Wildman–Crippen LogP) is -1.02. The maximum absolute atomic E-state index is 10.8. The average Bonchev–Trinajstić information content (AvgIpc) is 1.97. The number of aliphatic hydroxyl groups is 1. The van der Waals surface area contributed by atoms with E-state index in [1.165, 1.54) is 7.05 Å². The summed E-state index contributed by atoms with van der Waals surface area (Å²) in [5.41, 5.74) is -0.299. The zero-order chi connectivity index (χ0) is 8.43. The second kappa shape index (κ2) is 2.71. The molecule has 0 aliphatic rings. The van der Waals surface area contributed by atoms with Gasteiger partial charge in [-0.05, 0) is 0 Å². The van der Waals surface area contributed by atoms with E-state index in [4.69, 9.17) is 10.2 Å². The third kappa shape index (κ3) is 1.38. The Balaban J connectivity index is 3.32. The number of aliphatic hydroxyl groups excluding tert-OH is 1. The normalized spacial score (nSPS) is 10.0. The largest absolute Gasteiger partial charge is 0.506 e. The van der Waals surface area contributed by atoms with E-state index in [9.17, 15) is 4.79 Å². The monoisotopic (exact) mass is 156 g/mol. The molecule has 0 aliphatic carbocycles. The van der Waals surface area contributed by atoms with Crippen molar-refractivity contribution in [3.05, 3.63) is 22.1 Å². The van der Waals surface area contributed by atoms with E-state index < -0.39 is 5.56 Å². The fourth-order valence-electron chi connectivity index (χ4n) is 0.688. The highest BCUT2D eigenvalue weighted by Crippen LogP contribution is 2.08. The molecule has 60 valence electrons. The molecule has 1 aromatic rings. The molecule has 0 saturated heterocycles. The minimum Gasteiger partial charge on any atom is -0.506 e. The summed E-state index contributed by atoms with van der Waals surface area (Å²) in [5.74, 6) is -0.268. The van der Waals surface area contributed by atoms with Crippen LogP contribution in [-0.4, -0.2) is 20.0 Å². The molecule has 2 N–H and O–H groups in total. The first-order valence-electron chi connectivity index (χ1n) is 3.02. The Labute approximate surface area is 62.5 Å². The van der Waals surface area contributed by atoms with Gasteiger partial charge >= 0.3 is 0 Å². The Morgan fingerprint density at radius 2 is 2.36 bits per heavy atom. The molecule has 11 heavy (non-hydrogen) atoms. The molecular weight excluding hydrogens is 148 g/mol. The number of aromatic hydroxyl groups is 1. The molecule has 0 saturated carbocycles. The summed E-state index contributed by atoms with van der Waals surface area (Å²) in [6.45, 7) is -0.375. The van der Waals surface area contributed by atoms with Crippen LogP contribution in [0.1, 0.15) is 5.69 Å². The predicted molar refractivity (Wildman–Crippen MR) is 37.1 cm³/mol. The molecule has 1 rings (SSSR count). The Morgan fingerprint density at radius 3 is 2.91 bits per heavy atom. The average molecular weight is 156 g/mol. The zero-order valence-corrected chi connectivity index (χ0v) is 5.98. The van der Waals surface area contributed by atoms with Crippen molar-refractivity contribution >= 4 is 0 Å². The van der Waals surface area contributed by atoms with Crippen LogP contribution in [0.2, 0.25) is 0 Å². The van der Waals surface area contributed by atoms with Crippen LogP contribution in [0.3, 0.4) is 0 Å². The van der Waals surface area contributed by atoms with Crippen LogP contribution in [0.5, 0.6) is 5.75 Å². The van der Waals surface area contributed by atoms with Gasteiger partial charge in [0.1, 0.15) is 11.4 Å². The van der Waals surface area contributed by atoms with Crippen molar-refractivity contribution in [3.63, 3.8) is 0 Å². The van der Waals surface area contributed by atoms with E-state index in [1.807, 2.05) is 0 Å². The summed E-state index contributed by atoms with van der Waals surface area (Å²) in [4.78, 5) is 10.8. The van der Waals surface area contributed by atoms with Crippen molar-refractivity contribution in [3.8, 4) is 5.75 Å². The molecule has 5 nitrogen and oxygen atoms in total. The van der Waals surface area contributed by atoms with Crippen molar-refractivity contribution in [1.82, 2.24) is 9.78 Å². The summed E-state index contributed by atoms with van der Waals surface area (Å²) in [6, 6.07) is 1.01. The van der Waals surface area contributed by atoms with Crippen molar-refractivity contribution in [2.45, 2.75) is 6.61 Å². The van der Waals surface area contributed by atoms with E-state index in [2.05, 4.69) is 5.10 Å². The maximum Gasteiger partial charge on any atom is 0.270 e. The first-order chi connectivity index (χ1) is 5.15. The van der Waals surface area contributed by atoms with Gasteiger partial charge in [0.25, 0.3) is 5.56 Å². The zero-order valence-electron chi connectivity index (χ0n) is 5.98. The number of nitrogens with zero attached hydrogens (tertiary/aromatic N) is 2. The Hall–Kier alpha value is -1.36. The van der Waals surface area contributed by atoms with Gasteiger partial charge in [-0.3, -0.25) is 4.79 Å². The van der Waals surface area contributed by atoms with Crippen LogP contribution in [0.4, 0.5) is 0 Å². The highest BCUT2D eigenvalue weighted by Gasteiger charge is 2.02. The molecule has 0 amide bonds. The lowest BCUT2D eigenvalue weighted by Crippen LogP contribution is -2.19. The third-order valence-corrected chi connectivity index (χ3v) is 1.30. The molecule has 1 heterocycles. The van der Waals surface area contributed by atoms with Gasteiger partial charge in [0.15, 0.2) is 0 Å². The minimum absolute atomic E-state index is 0.104. The van der Waals surface area contributed by atoms with Crippen molar-refractivity contribution in [2.75, 3.05) is 0 Å². The van der Waals surface area contributed by atoms with E-state index in [0.29, 0.717) is 0 Å². The maximum atomic E-state index is 10.8. The quantitative estimate of drug-likeness (QED) is 0.545. The third-order valence-electron chi connectivity index (χ3n) is 1.30. The summed E-state index contributed by atoms with van der Waals surface area (Å²) < 4.78 is 1.05. The fraction of sp³-hybridized carbons (Fsp3) is 0.333. The van der Waals surface area contributed by atoms with Gasteiger partial charge in [-0.25, -0.2) is 4.68 Å². The van der Waals surface area contributed by atoms with Crippen LogP contribution >= 0.6 is 0 Å². The standard InChI is InChI=1S/C6H8N2O3/c1-8-6(11)2-5(10)4(3-9)7-8/h2,9-10H,3H2,1H3. The van der Waals surface area contributed by atoms with Gasteiger partial charge in [0.2, 0.25) is 0 Å². The van der Waals surface area contributed by atoms with E-state index in [1.54, 1.807) is 0 Å². The van der Waals surface area contributed by atoms with Gasteiger partial charge in [0.05, 0.1) is 6.61 Å². The Bertz CT molecular complexity index is 318. The lowest BCUT2D eigenvalue weighted by molar-refractivity contribution is 0.265. The van der Waals surface area contributed by atoms with Gasteiger partial charge in [-0.15, -0.1) is 0 Å². The Kier molecular flexibility index (Phi) is 1.91. The molecule has 0 atom stereocenters. The summed E-state index contributed by atoms with van der Waals surface area (Å²) in [5, 5.41) is 21.2. The number of hydrogen-bond acceptors (Lipinski definition) is 4. The van der Waals surface area contributed by atoms with Gasteiger partial charge < -0.3 is 10.2 Å². The molecule has 0 fully saturated rings. The molecule has 0 unspecified atom stereocenters. The highest BCUT2D eigenvalue weighted by molar-refractivity contribution is 5.22. The lowest BCUT2D eigenvalue weighted by atomic mass is 10.4. The van der Waals surface area contributed by atoms with Crippen molar-refractivity contribution in [1.29, 1.82) is 0 Å². The van der Waals surface area contributed by atoms with Crippen LogP contribution in [-0.2, 0) is 13.7 Å². The molecule has 5 heteroatoms. The first-order valence-corrected chi connectivity index (χ1v) is 3.02. The van der Waals surface area contributed by atoms with E-state index in [-0.39, 0.29) is 18.1 Å². The fourth-order valence-corrected chi connectivity index (χ4v) is 0.688. The topological polar surface area (TPSA) is 75.3 Å². The summed E-state index contributed by atoms with van der Waals surface area (Å²) in [6.07, 6.45) is 0. The molecule has 0 aliphatic heterocycles. The number of hydrogen-bond donors (Lipinski definition) is 2. The molecular formula is C6H8N2O3. The van der Waals surface area contributed by atoms with E-state index in [0.717, 1.165) is 10.7 Å². The molecule has 0 aromatic carbocycles. The smallest absolute Gasteiger partial charge is 0.270 e. The van der Waals surface area contributed by atoms with Crippen molar-refractivity contribution < 1.29 is 10.2 Å². The number of aryl methyl sites for hydroxylation is 1.